The molecule has 12 heavy (non-hydrogen) atoms. The number of rotatable bonds is 3. The first-order chi connectivity index (χ1) is 5.45. The van der Waals surface area contributed by atoms with Gasteiger partial charge in [-0.2, -0.15) is 0 Å². The van der Waals surface area contributed by atoms with E-state index in [0.717, 1.165) is 24.6 Å². The van der Waals surface area contributed by atoms with Gasteiger partial charge in [0.15, 0.2) is 5.11 Å². The second-order valence-corrected chi connectivity index (χ2v) is 4.51. The molecule has 0 rings (SSSR count). The first-order valence-corrected chi connectivity index (χ1v) is 4.88. The molecular formula is C9H20N2S. The topological polar surface area (TPSA) is 24.1 Å². The second kappa shape index (κ2) is 5.36. The minimum Gasteiger partial charge on any atom is -0.363 e. The third-order valence-corrected chi connectivity index (χ3v) is 1.79. The summed E-state index contributed by atoms with van der Waals surface area (Å²) in [7, 11) is 0. The Kier molecular flexibility index (Phi) is 5.22. The summed E-state index contributed by atoms with van der Waals surface area (Å²) in [6.07, 6.45) is 1.14. The van der Waals surface area contributed by atoms with Crippen molar-refractivity contribution >= 4 is 17.3 Å². The van der Waals surface area contributed by atoms with E-state index < -0.39 is 0 Å². The summed E-state index contributed by atoms with van der Waals surface area (Å²) in [4.78, 5) is 0. The van der Waals surface area contributed by atoms with Crippen molar-refractivity contribution in [3.63, 3.8) is 0 Å². The molecule has 2 N–H and O–H groups in total. The van der Waals surface area contributed by atoms with Crippen molar-refractivity contribution in [2.24, 2.45) is 5.41 Å². The SMILES string of the molecule is CCNC(=S)NCCC(C)(C)C. The first-order valence-electron chi connectivity index (χ1n) is 4.47. The molecule has 0 aliphatic carbocycles. The number of hydrogen-bond donors (Lipinski definition) is 2. The Hall–Kier alpha value is -0.310. The molecule has 0 spiro atoms. The zero-order valence-electron chi connectivity index (χ0n) is 8.53. The molecule has 0 aromatic heterocycles. The Balaban J connectivity index is 3.37. The van der Waals surface area contributed by atoms with Crippen LogP contribution in [-0.4, -0.2) is 18.2 Å². The number of thiocarbonyl (C=S) groups is 1. The van der Waals surface area contributed by atoms with Gasteiger partial charge in [-0.1, -0.05) is 20.8 Å². The van der Waals surface area contributed by atoms with Gasteiger partial charge in [-0.05, 0) is 31.0 Å². The van der Waals surface area contributed by atoms with Crippen LogP contribution in [0.2, 0.25) is 0 Å². The standard InChI is InChI=1S/C9H20N2S/c1-5-10-8(12)11-7-6-9(2,3)4/h5-7H2,1-4H3,(H2,10,11,12). The lowest BCUT2D eigenvalue weighted by Crippen LogP contribution is -2.36. The number of hydrogen-bond acceptors (Lipinski definition) is 1. The van der Waals surface area contributed by atoms with Crippen LogP contribution >= 0.6 is 12.2 Å². The van der Waals surface area contributed by atoms with E-state index in [9.17, 15) is 0 Å². The van der Waals surface area contributed by atoms with Gasteiger partial charge >= 0.3 is 0 Å². The molecule has 0 radical (unpaired) electrons. The van der Waals surface area contributed by atoms with Gasteiger partial charge in [0, 0.05) is 13.1 Å². The van der Waals surface area contributed by atoms with Crippen LogP contribution < -0.4 is 10.6 Å². The third-order valence-electron chi connectivity index (χ3n) is 1.50. The summed E-state index contributed by atoms with van der Waals surface area (Å²) in [5, 5.41) is 6.98. The molecule has 0 aromatic rings. The zero-order chi connectivity index (χ0) is 9.61. The maximum atomic E-state index is 5.02. The average Bonchev–Trinajstić information content (AvgIpc) is 1.84. The molecule has 3 heteroatoms. The van der Waals surface area contributed by atoms with Crippen LogP contribution in [0, 0.1) is 5.41 Å². The Morgan fingerprint density at radius 3 is 2.25 bits per heavy atom. The molecule has 0 bridgehead atoms. The van der Waals surface area contributed by atoms with Crippen molar-refractivity contribution in [2.75, 3.05) is 13.1 Å². The van der Waals surface area contributed by atoms with Crippen molar-refractivity contribution < 1.29 is 0 Å². The maximum absolute atomic E-state index is 5.02. The number of nitrogens with one attached hydrogen (secondary N) is 2. The summed E-state index contributed by atoms with van der Waals surface area (Å²) in [6.45, 7) is 10.6. The molecule has 0 saturated carbocycles. The highest BCUT2D eigenvalue weighted by atomic mass is 32.1. The fourth-order valence-electron chi connectivity index (χ4n) is 0.774. The van der Waals surface area contributed by atoms with Crippen LogP contribution in [0.15, 0.2) is 0 Å². The lowest BCUT2D eigenvalue weighted by Gasteiger charge is -2.18. The molecule has 0 aliphatic rings. The molecule has 72 valence electrons. The second-order valence-electron chi connectivity index (χ2n) is 4.10. The van der Waals surface area contributed by atoms with Gasteiger partial charge in [-0.15, -0.1) is 0 Å². The Labute approximate surface area is 81.1 Å². The minimum absolute atomic E-state index is 0.384. The summed E-state index contributed by atoms with van der Waals surface area (Å²) in [5.41, 5.74) is 0.384. The van der Waals surface area contributed by atoms with Gasteiger partial charge < -0.3 is 10.6 Å². The molecule has 0 aliphatic heterocycles. The molecule has 0 amide bonds. The molecule has 2 nitrogen and oxygen atoms in total. The predicted molar refractivity (Wildman–Crippen MR) is 58.3 cm³/mol. The van der Waals surface area contributed by atoms with E-state index in [1.54, 1.807) is 0 Å². The van der Waals surface area contributed by atoms with Crippen LogP contribution in [0.25, 0.3) is 0 Å². The Morgan fingerprint density at radius 1 is 1.25 bits per heavy atom. The van der Waals surface area contributed by atoms with Crippen molar-refractivity contribution in [1.82, 2.24) is 10.6 Å². The van der Waals surface area contributed by atoms with Crippen molar-refractivity contribution in [1.29, 1.82) is 0 Å². The van der Waals surface area contributed by atoms with Crippen molar-refractivity contribution in [3.8, 4) is 0 Å². The highest BCUT2D eigenvalue weighted by Gasteiger charge is 2.08. The zero-order valence-corrected chi connectivity index (χ0v) is 9.35. The average molecular weight is 188 g/mol. The van der Waals surface area contributed by atoms with Gasteiger partial charge in [0.05, 0.1) is 0 Å². The molecular weight excluding hydrogens is 168 g/mol. The highest BCUT2D eigenvalue weighted by Crippen LogP contribution is 2.16. The quantitative estimate of drug-likeness (QED) is 0.662. The Morgan fingerprint density at radius 2 is 1.83 bits per heavy atom. The van der Waals surface area contributed by atoms with Crippen molar-refractivity contribution in [2.45, 2.75) is 34.1 Å². The van der Waals surface area contributed by atoms with E-state index in [0.29, 0.717) is 5.41 Å². The van der Waals surface area contributed by atoms with E-state index in [1.165, 1.54) is 0 Å². The van der Waals surface area contributed by atoms with Crippen LogP contribution in [-0.2, 0) is 0 Å². The summed E-state index contributed by atoms with van der Waals surface area (Å²) < 4.78 is 0. The van der Waals surface area contributed by atoms with Crippen molar-refractivity contribution in [3.05, 3.63) is 0 Å². The maximum Gasteiger partial charge on any atom is 0.166 e. The highest BCUT2D eigenvalue weighted by molar-refractivity contribution is 7.80. The van der Waals surface area contributed by atoms with E-state index >= 15 is 0 Å². The van der Waals surface area contributed by atoms with Crippen LogP contribution in [0.3, 0.4) is 0 Å². The normalized spacial score (nSPS) is 11.0. The van der Waals surface area contributed by atoms with E-state index in [1.807, 2.05) is 6.92 Å². The van der Waals surface area contributed by atoms with Crippen LogP contribution in [0.1, 0.15) is 34.1 Å². The van der Waals surface area contributed by atoms with E-state index in [2.05, 4.69) is 31.4 Å². The van der Waals surface area contributed by atoms with Gasteiger partial charge in [-0.3, -0.25) is 0 Å². The first kappa shape index (κ1) is 11.7. The molecule has 0 atom stereocenters. The van der Waals surface area contributed by atoms with Gasteiger partial charge in [0.2, 0.25) is 0 Å². The summed E-state index contributed by atoms with van der Waals surface area (Å²) >= 11 is 5.02. The molecule has 0 saturated heterocycles. The van der Waals surface area contributed by atoms with E-state index in [4.69, 9.17) is 12.2 Å². The van der Waals surface area contributed by atoms with Gasteiger partial charge in [0.1, 0.15) is 0 Å². The lowest BCUT2D eigenvalue weighted by molar-refractivity contribution is 0.378. The van der Waals surface area contributed by atoms with E-state index in [-0.39, 0.29) is 0 Å². The van der Waals surface area contributed by atoms with Crippen LogP contribution in [0.4, 0.5) is 0 Å². The van der Waals surface area contributed by atoms with Gasteiger partial charge in [-0.25, -0.2) is 0 Å². The monoisotopic (exact) mass is 188 g/mol. The summed E-state index contributed by atoms with van der Waals surface area (Å²) in [6, 6.07) is 0. The fraction of sp³-hybridized carbons (Fsp3) is 0.889. The molecule has 0 aromatic carbocycles. The largest absolute Gasteiger partial charge is 0.363 e. The summed E-state index contributed by atoms with van der Waals surface area (Å²) in [5.74, 6) is 0. The lowest BCUT2D eigenvalue weighted by atomic mass is 9.92. The fourth-order valence-corrected chi connectivity index (χ4v) is 1.02. The molecule has 0 heterocycles. The molecule has 0 unspecified atom stereocenters. The predicted octanol–water partition coefficient (Wildman–Crippen LogP) is 1.91. The van der Waals surface area contributed by atoms with Gasteiger partial charge in [0.25, 0.3) is 0 Å². The smallest absolute Gasteiger partial charge is 0.166 e. The van der Waals surface area contributed by atoms with Crippen LogP contribution in [0.5, 0.6) is 0 Å². The molecule has 0 fully saturated rings. The minimum atomic E-state index is 0.384. The Bertz CT molecular complexity index is 138. The third kappa shape index (κ3) is 7.79.